The number of likely N-dealkylation sites (N-methyl/N-ethyl adjacent to an activating group) is 1. The molecule has 0 spiro atoms. The van der Waals surface area contributed by atoms with Gasteiger partial charge in [0.25, 0.3) is 0 Å². The van der Waals surface area contributed by atoms with E-state index in [4.69, 9.17) is 0 Å². The van der Waals surface area contributed by atoms with Crippen molar-refractivity contribution in [3.05, 3.63) is 34.3 Å². The lowest BCUT2D eigenvalue weighted by molar-refractivity contribution is 0.171. The van der Waals surface area contributed by atoms with Crippen LogP contribution in [0.25, 0.3) is 0 Å². The van der Waals surface area contributed by atoms with Gasteiger partial charge in [0.15, 0.2) is 0 Å². The SMILES string of the molecule is CN1CCNC(C)(c2ccc(Br)cc2)C1. The molecular formula is C12H17BrN2. The average Bonchev–Trinajstić information content (AvgIpc) is 2.18. The monoisotopic (exact) mass is 268 g/mol. The van der Waals surface area contributed by atoms with Crippen molar-refractivity contribution < 1.29 is 0 Å². The van der Waals surface area contributed by atoms with Crippen molar-refractivity contribution in [1.29, 1.82) is 0 Å². The van der Waals surface area contributed by atoms with Crippen molar-refractivity contribution in [3.8, 4) is 0 Å². The molecule has 1 aliphatic heterocycles. The van der Waals surface area contributed by atoms with E-state index in [1.54, 1.807) is 0 Å². The molecule has 1 aliphatic rings. The standard InChI is InChI=1S/C12H17BrN2/c1-12(9-15(2)8-7-14-12)10-3-5-11(13)6-4-10/h3-6,14H,7-9H2,1-2H3. The Morgan fingerprint density at radius 1 is 1.33 bits per heavy atom. The normalized spacial score (nSPS) is 27.9. The summed E-state index contributed by atoms with van der Waals surface area (Å²) in [4.78, 5) is 2.37. The molecular weight excluding hydrogens is 252 g/mol. The van der Waals surface area contributed by atoms with Crippen molar-refractivity contribution >= 4 is 15.9 Å². The summed E-state index contributed by atoms with van der Waals surface area (Å²) in [6, 6.07) is 8.60. The van der Waals surface area contributed by atoms with Gasteiger partial charge in [-0.1, -0.05) is 28.1 Å². The van der Waals surface area contributed by atoms with Crippen LogP contribution in [0.15, 0.2) is 28.7 Å². The van der Waals surface area contributed by atoms with E-state index in [2.05, 4.69) is 64.4 Å². The first-order valence-corrected chi connectivity index (χ1v) is 6.09. The molecule has 82 valence electrons. The first kappa shape index (κ1) is 11.1. The van der Waals surface area contributed by atoms with E-state index in [0.717, 1.165) is 24.1 Å². The lowest BCUT2D eigenvalue weighted by Crippen LogP contribution is -2.55. The van der Waals surface area contributed by atoms with Gasteiger partial charge in [-0.15, -0.1) is 0 Å². The third kappa shape index (κ3) is 2.41. The number of halogens is 1. The Morgan fingerprint density at radius 3 is 2.60 bits per heavy atom. The Bertz CT molecular complexity index is 336. The highest BCUT2D eigenvalue weighted by molar-refractivity contribution is 9.10. The van der Waals surface area contributed by atoms with Gasteiger partial charge in [-0.05, 0) is 31.7 Å². The second kappa shape index (κ2) is 4.24. The maximum Gasteiger partial charge on any atom is 0.0535 e. The minimum Gasteiger partial charge on any atom is -0.305 e. The molecule has 0 saturated carbocycles. The molecule has 0 aliphatic carbocycles. The van der Waals surface area contributed by atoms with Crippen LogP contribution in [-0.2, 0) is 5.54 Å². The van der Waals surface area contributed by atoms with Gasteiger partial charge in [0.1, 0.15) is 0 Å². The van der Waals surface area contributed by atoms with Crippen LogP contribution in [-0.4, -0.2) is 31.6 Å². The molecule has 2 rings (SSSR count). The Balaban J connectivity index is 2.24. The zero-order valence-corrected chi connectivity index (χ0v) is 10.8. The van der Waals surface area contributed by atoms with Crippen LogP contribution in [0.3, 0.4) is 0 Å². The topological polar surface area (TPSA) is 15.3 Å². The Morgan fingerprint density at radius 2 is 2.00 bits per heavy atom. The molecule has 1 atom stereocenters. The molecule has 2 nitrogen and oxygen atoms in total. The van der Waals surface area contributed by atoms with Gasteiger partial charge in [-0.3, -0.25) is 0 Å². The molecule has 1 aromatic carbocycles. The molecule has 1 aromatic rings. The zero-order valence-electron chi connectivity index (χ0n) is 9.26. The zero-order chi connectivity index (χ0) is 10.9. The minimum absolute atomic E-state index is 0.0910. The van der Waals surface area contributed by atoms with E-state index in [0.29, 0.717) is 0 Å². The summed E-state index contributed by atoms with van der Waals surface area (Å²) >= 11 is 3.47. The summed E-state index contributed by atoms with van der Waals surface area (Å²) < 4.78 is 1.14. The fourth-order valence-corrected chi connectivity index (χ4v) is 2.47. The lowest BCUT2D eigenvalue weighted by atomic mass is 9.90. The predicted molar refractivity (Wildman–Crippen MR) is 67.0 cm³/mol. The molecule has 0 radical (unpaired) electrons. The van der Waals surface area contributed by atoms with E-state index < -0.39 is 0 Å². The summed E-state index contributed by atoms with van der Waals surface area (Å²) in [5.74, 6) is 0. The van der Waals surface area contributed by atoms with Gasteiger partial charge < -0.3 is 10.2 Å². The van der Waals surface area contributed by atoms with Gasteiger partial charge in [-0.2, -0.15) is 0 Å². The molecule has 0 aromatic heterocycles. The fraction of sp³-hybridized carbons (Fsp3) is 0.500. The number of piperazine rings is 1. The molecule has 1 saturated heterocycles. The Kier molecular flexibility index (Phi) is 3.14. The third-order valence-electron chi connectivity index (χ3n) is 3.08. The molecule has 0 bridgehead atoms. The third-order valence-corrected chi connectivity index (χ3v) is 3.60. The predicted octanol–water partition coefficient (Wildman–Crippen LogP) is 2.20. The summed E-state index contributed by atoms with van der Waals surface area (Å²) in [5, 5.41) is 3.60. The van der Waals surface area contributed by atoms with E-state index >= 15 is 0 Å². The summed E-state index contributed by atoms with van der Waals surface area (Å²) in [6.45, 7) is 5.52. The van der Waals surface area contributed by atoms with E-state index in [-0.39, 0.29) is 5.54 Å². The van der Waals surface area contributed by atoms with Crippen LogP contribution >= 0.6 is 15.9 Å². The van der Waals surface area contributed by atoms with Crippen LogP contribution in [0.4, 0.5) is 0 Å². The second-order valence-corrected chi connectivity index (χ2v) is 5.42. The van der Waals surface area contributed by atoms with Crippen molar-refractivity contribution in [3.63, 3.8) is 0 Å². The first-order chi connectivity index (χ1) is 7.10. The van der Waals surface area contributed by atoms with Crippen LogP contribution in [0.1, 0.15) is 12.5 Å². The summed E-state index contributed by atoms with van der Waals surface area (Å²) in [5.41, 5.74) is 1.45. The largest absolute Gasteiger partial charge is 0.305 e. The maximum absolute atomic E-state index is 3.60. The Labute approximate surface area is 99.8 Å². The number of nitrogens with one attached hydrogen (secondary N) is 1. The molecule has 0 amide bonds. The summed E-state index contributed by atoms with van der Waals surface area (Å²) in [7, 11) is 2.18. The van der Waals surface area contributed by atoms with Crippen LogP contribution < -0.4 is 5.32 Å². The molecule has 1 fully saturated rings. The van der Waals surface area contributed by atoms with E-state index in [1.807, 2.05) is 0 Å². The molecule has 3 heteroatoms. The average molecular weight is 269 g/mol. The molecule has 1 N–H and O–H groups in total. The number of benzene rings is 1. The van der Waals surface area contributed by atoms with Gasteiger partial charge in [0.05, 0.1) is 5.54 Å². The van der Waals surface area contributed by atoms with E-state index in [9.17, 15) is 0 Å². The van der Waals surface area contributed by atoms with Crippen LogP contribution in [0.5, 0.6) is 0 Å². The first-order valence-electron chi connectivity index (χ1n) is 5.30. The van der Waals surface area contributed by atoms with Crippen LogP contribution in [0, 0.1) is 0 Å². The van der Waals surface area contributed by atoms with Crippen molar-refractivity contribution in [1.82, 2.24) is 10.2 Å². The molecule has 1 unspecified atom stereocenters. The highest BCUT2D eigenvalue weighted by atomic mass is 79.9. The van der Waals surface area contributed by atoms with Gasteiger partial charge in [0.2, 0.25) is 0 Å². The minimum atomic E-state index is 0.0910. The lowest BCUT2D eigenvalue weighted by Gasteiger charge is -2.40. The van der Waals surface area contributed by atoms with Crippen molar-refractivity contribution in [2.24, 2.45) is 0 Å². The van der Waals surface area contributed by atoms with Crippen LogP contribution in [0.2, 0.25) is 0 Å². The smallest absolute Gasteiger partial charge is 0.0535 e. The summed E-state index contributed by atoms with van der Waals surface area (Å²) in [6.07, 6.45) is 0. The van der Waals surface area contributed by atoms with Crippen molar-refractivity contribution in [2.45, 2.75) is 12.5 Å². The quantitative estimate of drug-likeness (QED) is 0.840. The van der Waals surface area contributed by atoms with E-state index in [1.165, 1.54) is 5.56 Å². The number of rotatable bonds is 1. The number of hydrogen-bond donors (Lipinski definition) is 1. The molecule has 1 heterocycles. The van der Waals surface area contributed by atoms with Gasteiger partial charge in [0, 0.05) is 24.1 Å². The Hall–Kier alpha value is -0.380. The molecule has 15 heavy (non-hydrogen) atoms. The van der Waals surface area contributed by atoms with Gasteiger partial charge in [-0.25, -0.2) is 0 Å². The highest BCUT2D eigenvalue weighted by Gasteiger charge is 2.30. The van der Waals surface area contributed by atoms with Gasteiger partial charge >= 0.3 is 0 Å². The fourth-order valence-electron chi connectivity index (χ4n) is 2.21. The highest BCUT2D eigenvalue weighted by Crippen LogP contribution is 2.25. The number of hydrogen-bond acceptors (Lipinski definition) is 2. The number of nitrogens with zero attached hydrogens (tertiary/aromatic N) is 1. The van der Waals surface area contributed by atoms with Crippen molar-refractivity contribution in [2.75, 3.05) is 26.7 Å². The maximum atomic E-state index is 3.60. The second-order valence-electron chi connectivity index (χ2n) is 4.50.